The number of anilines is 15. The molecule has 20 aromatic rings. The number of nitrogens with zero attached hydrogens (tertiary/aromatic N) is 10. The molecule has 0 radical (unpaired) electrons. The normalized spacial score (nSPS) is 14.6. The van der Waals surface area contributed by atoms with E-state index in [0.29, 0.717) is 0 Å². The Morgan fingerprint density at radius 1 is 0.150 bits per heavy atom. The summed E-state index contributed by atoms with van der Waals surface area (Å²) in [7, 11) is 0. The molecule has 0 N–H and O–H groups in total. The van der Waals surface area contributed by atoms with Gasteiger partial charge in [0, 0.05) is 107 Å². The van der Waals surface area contributed by atoms with Crippen LogP contribution in [-0.4, -0.2) is 24.9 Å². The molecule has 15 aromatic carbocycles. The molecule has 0 fully saturated rings. The Morgan fingerprint density at radius 3 is 0.936 bits per heavy atom. The smallest absolute Gasteiger partial charge is 0.141 e. The lowest BCUT2D eigenvalue weighted by Crippen LogP contribution is -2.25. The summed E-state index contributed by atoms with van der Waals surface area (Å²) in [6.07, 6.45) is 28.7. The molecule has 0 spiro atoms. The van der Waals surface area contributed by atoms with Crippen LogP contribution in [0.15, 0.2) is 365 Å². The zero-order valence-electron chi connectivity index (χ0n) is 77.2. The topological polar surface area (TPSA) is 80.7 Å². The molecule has 0 bridgehead atoms. The zero-order valence-corrected chi connectivity index (χ0v) is 77.2. The molecule has 0 unspecified atom stereocenters. The third kappa shape index (κ3) is 11.6. The maximum Gasteiger partial charge on any atom is 0.141 e. The summed E-state index contributed by atoms with van der Waals surface area (Å²) >= 11 is 0. The largest absolute Gasteiger partial charge is 0.309 e. The number of aromatic nitrogens is 5. The van der Waals surface area contributed by atoms with Gasteiger partial charge >= 0.3 is 0 Å². The van der Waals surface area contributed by atoms with Crippen molar-refractivity contribution in [3.05, 3.63) is 532 Å². The van der Waals surface area contributed by atoms with E-state index in [1.54, 1.807) is 0 Å². The monoisotopic (exact) mass is 1790 g/mol. The van der Waals surface area contributed by atoms with Crippen LogP contribution in [0.1, 0.15) is 167 Å². The van der Waals surface area contributed by atoms with Crippen molar-refractivity contribution >= 4 is 85.4 Å². The highest BCUT2D eigenvalue weighted by Gasteiger charge is 2.43. The van der Waals surface area contributed by atoms with E-state index in [1.807, 2.05) is 43.4 Å². The van der Waals surface area contributed by atoms with E-state index in [9.17, 15) is 0 Å². The van der Waals surface area contributed by atoms with Crippen LogP contribution in [0.2, 0.25) is 0 Å². The number of fused-ring (bicyclic) bond motifs is 40. The Labute approximate surface area is 813 Å². The fraction of sp³-hybridized carbons (Fsp3) is 0.115. The first kappa shape index (κ1) is 78.3. The average Bonchev–Trinajstić information content (AvgIpc) is 1.32. The molecule has 660 valence electrons. The van der Waals surface area contributed by atoms with Gasteiger partial charge in [-0.2, -0.15) is 0 Å². The summed E-state index contributed by atoms with van der Waals surface area (Å²) in [6, 6.07) is 119. The Hall–Kier alpha value is -17.0. The maximum absolute atomic E-state index is 4.82. The molecule has 140 heavy (non-hydrogen) atoms. The third-order valence-electron chi connectivity index (χ3n) is 32.8. The first-order valence-corrected chi connectivity index (χ1v) is 49.8. The highest BCUT2D eigenvalue weighted by atomic mass is 15.2. The molecule has 5 aliphatic carbocycles. The molecule has 0 amide bonds. The molecule has 10 heteroatoms. The van der Waals surface area contributed by atoms with E-state index in [2.05, 4.69) is 356 Å². The third-order valence-corrected chi connectivity index (χ3v) is 32.8. The van der Waals surface area contributed by atoms with Crippen LogP contribution in [0.4, 0.5) is 85.4 Å². The van der Waals surface area contributed by atoms with E-state index < -0.39 is 0 Å². The summed E-state index contributed by atoms with van der Waals surface area (Å²) in [5, 5.41) is 0. The lowest BCUT2D eigenvalue weighted by atomic mass is 9.84. The Bertz CT molecular complexity index is 7690. The van der Waals surface area contributed by atoms with E-state index in [-0.39, 0.29) is 0 Å². The van der Waals surface area contributed by atoms with Gasteiger partial charge in [0.2, 0.25) is 0 Å². The van der Waals surface area contributed by atoms with E-state index in [1.165, 1.54) is 302 Å². The van der Waals surface area contributed by atoms with Crippen molar-refractivity contribution in [2.75, 3.05) is 24.5 Å². The summed E-state index contributed by atoms with van der Waals surface area (Å²) in [5.74, 6) is 1.09. The van der Waals surface area contributed by atoms with Gasteiger partial charge in [-0.1, -0.05) is 249 Å². The van der Waals surface area contributed by atoms with Crippen LogP contribution in [-0.2, 0) is 96.3 Å². The highest BCUT2D eigenvalue weighted by Crippen LogP contribution is 2.62. The first-order valence-electron chi connectivity index (χ1n) is 49.8. The van der Waals surface area contributed by atoms with Crippen LogP contribution >= 0.6 is 0 Å². The maximum atomic E-state index is 4.82. The van der Waals surface area contributed by atoms with Crippen molar-refractivity contribution in [3.63, 3.8) is 0 Å². The van der Waals surface area contributed by atoms with E-state index in [4.69, 9.17) is 15.0 Å². The van der Waals surface area contributed by atoms with Crippen LogP contribution in [0.25, 0.3) is 55.6 Å². The summed E-state index contributed by atoms with van der Waals surface area (Å²) in [4.78, 5) is 35.5. The minimum absolute atomic E-state index is 0.911. The van der Waals surface area contributed by atoms with Crippen molar-refractivity contribution < 1.29 is 0 Å². The predicted octanol–water partition coefficient (Wildman–Crippen LogP) is 29.7. The molecular formula is C130H90N10. The minimum atomic E-state index is 0.911. The number of hydrogen-bond acceptors (Lipinski definition) is 10. The van der Waals surface area contributed by atoms with E-state index >= 15 is 0 Å². The predicted molar refractivity (Wildman–Crippen MR) is 564 cm³/mol. The lowest BCUT2D eigenvalue weighted by molar-refractivity contribution is 0.961. The van der Waals surface area contributed by atoms with Gasteiger partial charge in [0.05, 0.1) is 91.5 Å². The molecule has 10 aliphatic heterocycles. The number of benzene rings is 15. The van der Waals surface area contributed by atoms with Gasteiger partial charge in [0.1, 0.15) is 5.82 Å². The Balaban J connectivity index is 0.0000000806. The fourth-order valence-electron chi connectivity index (χ4n) is 27.1. The lowest BCUT2D eigenvalue weighted by Gasteiger charge is -2.40. The Kier molecular flexibility index (Phi) is 16.9. The van der Waals surface area contributed by atoms with Gasteiger partial charge in [-0.15, -0.1) is 0 Å². The van der Waals surface area contributed by atoms with Crippen LogP contribution in [0, 0.1) is 0 Å². The van der Waals surface area contributed by atoms with Crippen molar-refractivity contribution in [1.82, 2.24) is 24.9 Å². The van der Waals surface area contributed by atoms with Gasteiger partial charge in [-0.05, 0) is 316 Å². The second-order valence-electron chi connectivity index (χ2n) is 40.2. The number of pyridine rings is 5. The molecule has 15 aliphatic rings. The second kappa shape index (κ2) is 30.3. The van der Waals surface area contributed by atoms with Crippen molar-refractivity contribution in [2.24, 2.45) is 0 Å². The number of para-hydroxylation sites is 5. The first-order chi connectivity index (χ1) is 69.4. The molecule has 0 atom stereocenters. The standard InChI is InChI=1S/5C26H18N2/c1-3-7-20-16(5-1)13-18-9-10-24-21(25(18)20)15-22-26-19(11-12-27-22)14-17-6-2-4-8-23(17)28(24)26;1-2-9-21-16(5-1)13-17-10-11-23-22(24(17)21)15-19-7-3-6-18-14-20-8-4-12-27-26(20)28(23)25(18)19;1-2-8-20-16(5-1)13-17-10-11-23-21(25(17)20)14-18-6-3-7-19-15-22-24(9-4-12-27-22)28(23)26(18)19;1-2-7-21-16(4-1)12-18-8-9-23-22(25(18)21)14-20-6-3-5-19-13-17-10-11-27-15-24(17)28(23)26(19)20;1-2-7-21-16(4-1)12-17-8-9-24-22(25(17)21)14-19-6-3-5-18-13-20-15-27-11-10-23(20)28(24)26(18)19/h3*1-12H,13-15H2;2*1-11,15H,12-14H2. The van der Waals surface area contributed by atoms with Crippen LogP contribution in [0.5, 0.6) is 0 Å². The number of hydrogen-bond donors (Lipinski definition) is 0. The molecule has 0 saturated carbocycles. The molecule has 35 rings (SSSR count). The second-order valence-corrected chi connectivity index (χ2v) is 40.2. The molecule has 5 aromatic heterocycles. The fourth-order valence-corrected chi connectivity index (χ4v) is 27.1. The zero-order chi connectivity index (χ0) is 91.2. The van der Waals surface area contributed by atoms with Gasteiger partial charge < -0.3 is 19.6 Å². The van der Waals surface area contributed by atoms with Gasteiger partial charge in [-0.3, -0.25) is 24.8 Å². The minimum Gasteiger partial charge on any atom is -0.309 e. The van der Waals surface area contributed by atoms with Crippen LogP contribution < -0.4 is 24.5 Å². The highest BCUT2D eigenvalue weighted by molar-refractivity contribution is 6.01. The SMILES string of the molecule is c1ccc2c(c1)Cc1ccc3c(c1-2)Cc1cccc2c1N3c1cccnc1C2.c1ccc2c(c1)Cc1ccc3c(c1-2)Cc1cccc2c1N3c1ccncc1C2.c1ccc2c(c1)Cc1ccc3c(c1-2)Cc1cccc2c1N3c1cnccc1C2.c1ccc2c(c1)Cc1ccc3c(c1-2)Cc1cccc2c1N3c1ncccc1C2.c1ccc2c(c1)Cc1ccc3c(c1-2)Cc1nccc2c1N3c1ccccc1C2. The average molecular weight is 1790 g/mol. The Morgan fingerprint density at radius 2 is 0.450 bits per heavy atom. The van der Waals surface area contributed by atoms with Gasteiger partial charge in [0.15, 0.2) is 0 Å². The van der Waals surface area contributed by atoms with Gasteiger partial charge in [0.25, 0.3) is 0 Å². The van der Waals surface area contributed by atoms with E-state index in [0.717, 1.165) is 102 Å². The molecule has 10 nitrogen and oxygen atoms in total. The van der Waals surface area contributed by atoms with Crippen molar-refractivity contribution in [1.29, 1.82) is 0 Å². The van der Waals surface area contributed by atoms with Crippen LogP contribution in [0.3, 0.4) is 0 Å². The summed E-state index contributed by atoms with van der Waals surface area (Å²) in [5.41, 5.74) is 75.0. The van der Waals surface area contributed by atoms with Crippen molar-refractivity contribution in [2.45, 2.75) is 96.3 Å². The molecular weight excluding hydrogens is 1700 g/mol. The quantitative estimate of drug-likeness (QED) is 0.146. The summed E-state index contributed by atoms with van der Waals surface area (Å²) < 4.78 is 0. The van der Waals surface area contributed by atoms with Crippen molar-refractivity contribution in [3.8, 4) is 55.6 Å². The molecule has 0 saturated heterocycles. The number of rotatable bonds is 0. The molecule has 15 heterocycles. The van der Waals surface area contributed by atoms with Gasteiger partial charge in [-0.25, -0.2) is 4.98 Å². The summed E-state index contributed by atoms with van der Waals surface area (Å²) in [6.45, 7) is 0.